The van der Waals surface area contributed by atoms with Gasteiger partial charge in [0.1, 0.15) is 0 Å². The quantitative estimate of drug-likeness (QED) is 0.720. The van der Waals surface area contributed by atoms with E-state index in [0.717, 1.165) is 16.1 Å². The van der Waals surface area contributed by atoms with E-state index in [1.165, 1.54) is 12.8 Å². The summed E-state index contributed by atoms with van der Waals surface area (Å²) < 4.78 is 0. The average molecular weight is 203 g/mol. The molecule has 1 rings (SSSR count). The van der Waals surface area contributed by atoms with E-state index in [1.807, 2.05) is 19.1 Å². The number of hydrogen-bond acceptors (Lipinski definition) is 1. The van der Waals surface area contributed by atoms with Crippen molar-refractivity contribution in [3.05, 3.63) is 41.0 Å². The zero-order valence-electron chi connectivity index (χ0n) is 10.1. The van der Waals surface area contributed by atoms with Crippen LogP contribution in [0.5, 0.6) is 0 Å². The van der Waals surface area contributed by atoms with Crippen LogP contribution in [-0.4, -0.2) is 4.98 Å². The van der Waals surface area contributed by atoms with Crippen LogP contribution in [0.15, 0.2) is 24.9 Å². The molecule has 0 amide bonds. The summed E-state index contributed by atoms with van der Waals surface area (Å²) in [6.45, 7) is 13.8. The van der Waals surface area contributed by atoms with Crippen molar-refractivity contribution in [1.29, 1.82) is 0 Å². The molecule has 1 heterocycles. The molecule has 0 aromatic carbocycles. The lowest BCUT2D eigenvalue weighted by Gasteiger charge is -1.89. The number of rotatable bonds is 2. The monoisotopic (exact) mass is 203 g/mol. The van der Waals surface area contributed by atoms with Crippen molar-refractivity contribution in [1.82, 2.24) is 4.98 Å². The van der Waals surface area contributed by atoms with E-state index >= 15 is 0 Å². The SMILES string of the molecule is C=C/C=c1/cnc(C)cc1=C.CCCC. The molecule has 0 saturated heterocycles. The number of pyridine rings is 1. The van der Waals surface area contributed by atoms with Gasteiger partial charge in [0.05, 0.1) is 0 Å². The third kappa shape index (κ3) is 5.84. The van der Waals surface area contributed by atoms with Gasteiger partial charge in [-0.05, 0) is 23.4 Å². The summed E-state index contributed by atoms with van der Waals surface area (Å²) >= 11 is 0. The standard InChI is InChI=1S/C10H11N.C4H10/c1-4-5-10-7-11-9(3)6-8(10)2;1-3-4-2/h4-7H,1-2H2,3H3;3-4H2,1-2H3/b10-5-;. The highest BCUT2D eigenvalue weighted by Crippen LogP contribution is 1.78. The molecule has 1 aromatic heterocycles. The maximum atomic E-state index is 4.14. The van der Waals surface area contributed by atoms with Gasteiger partial charge in [-0.15, -0.1) is 0 Å². The summed E-state index contributed by atoms with van der Waals surface area (Å²) in [7, 11) is 0. The lowest BCUT2D eigenvalue weighted by Crippen LogP contribution is -2.23. The first-order valence-electron chi connectivity index (χ1n) is 5.40. The number of allylic oxidation sites excluding steroid dienone is 1. The third-order valence-electron chi connectivity index (χ3n) is 1.96. The molecule has 0 aliphatic rings. The van der Waals surface area contributed by atoms with Crippen LogP contribution < -0.4 is 10.4 Å². The van der Waals surface area contributed by atoms with E-state index in [0.29, 0.717) is 0 Å². The molecule has 1 heteroatoms. The minimum absolute atomic E-state index is 0.996. The predicted octanol–water partition coefficient (Wildman–Crippen LogP) is 2.57. The van der Waals surface area contributed by atoms with Crippen molar-refractivity contribution >= 4 is 12.7 Å². The van der Waals surface area contributed by atoms with Crippen LogP contribution in [0.4, 0.5) is 0 Å². The molecular weight excluding hydrogens is 182 g/mol. The Kier molecular flexibility index (Phi) is 7.25. The third-order valence-corrected chi connectivity index (χ3v) is 1.96. The van der Waals surface area contributed by atoms with Gasteiger partial charge in [0.25, 0.3) is 0 Å². The van der Waals surface area contributed by atoms with Crippen LogP contribution in [0.1, 0.15) is 32.4 Å². The lowest BCUT2D eigenvalue weighted by atomic mass is 10.2. The second-order valence-corrected chi connectivity index (χ2v) is 3.43. The first-order valence-corrected chi connectivity index (χ1v) is 5.40. The summed E-state index contributed by atoms with van der Waals surface area (Å²) in [6, 6.07) is 1.95. The molecule has 0 radical (unpaired) electrons. The van der Waals surface area contributed by atoms with E-state index in [-0.39, 0.29) is 0 Å². The maximum absolute atomic E-state index is 4.14. The van der Waals surface area contributed by atoms with Gasteiger partial charge in [0.15, 0.2) is 0 Å². The van der Waals surface area contributed by atoms with Crippen LogP contribution in [0.2, 0.25) is 0 Å². The van der Waals surface area contributed by atoms with Crippen LogP contribution in [0.3, 0.4) is 0 Å². The maximum Gasteiger partial charge on any atom is 0.0378 e. The van der Waals surface area contributed by atoms with Gasteiger partial charge >= 0.3 is 0 Å². The molecular formula is C14H21N. The zero-order valence-corrected chi connectivity index (χ0v) is 10.1. The number of aryl methyl sites for hydroxylation is 1. The second kappa shape index (κ2) is 7.98. The molecule has 0 unspecified atom stereocenters. The fourth-order valence-corrected chi connectivity index (χ4v) is 0.904. The van der Waals surface area contributed by atoms with Gasteiger partial charge in [-0.25, -0.2) is 0 Å². The molecule has 0 aliphatic heterocycles. The smallest absolute Gasteiger partial charge is 0.0378 e. The number of hydrogen-bond donors (Lipinski definition) is 0. The van der Waals surface area contributed by atoms with E-state index in [2.05, 4.69) is 32.0 Å². The van der Waals surface area contributed by atoms with Crippen molar-refractivity contribution < 1.29 is 0 Å². The largest absolute Gasteiger partial charge is 0.261 e. The highest BCUT2D eigenvalue weighted by atomic mass is 14.6. The van der Waals surface area contributed by atoms with Crippen LogP contribution in [0.25, 0.3) is 12.7 Å². The van der Waals surface area contributed by atoms with Crippen LogP contribution >= 0.6 is 0 Å². The molecule has 0 atom stereocenters. The molecule has 1 nitrogen and oxygen atoms in total. The average Bonchev–Trinajstić information content (AvgIpc) is 2.23. The Hall–Kier alpha value is -1.37. The molecule has 0 N–H and O–H groups in total. The second-order valence-electron chi connectivity index (χ2n) is 3.43. The topological polar surface area (TPSA) is 12.9 Å². The Morgan fingerprint density at radius 2 is 1.93 bits per heavy atom. The summed E-state index contributed by atoms with van der Waals surface area (Å²) in [4.78, 5) is 4.14. The van der Waals surface area contributed by atoms with Crippen molar-refractivity contribution in [2.75, 3.05) is 0 Å². The predicted molar refractivity (Wildman–Crippen MR) is 69.0 cm³/mol. The number of aromatic nitrogens is 1. The molecule has 15 heavy (non-hydrogen) atoms. The number of unbranched alkanes of at least 4 members (excludes halogenated alkanes) is 1. The summed E-state index contributed by atoms with van der Waals surface area (Å²) in [5.41, 5.74) is 0.996. The first-order chi connectivity index (χ1) is 7.15. The molecule has 1 aromatic rings. The van der Waals surface area contributed by atoms with E-state index in [1.54, 1.807) is 12.3 Å². The van der Waals surface area contributed by atoms with E-state index < -0.39 is 0 Å². The normalized spacial score (nSPS) is 10.5. The van der Waals surface area contributed by atoms with Gasteiger partial charge in [0.2, 0.25) is 0 Å². The van der Waals surface area contributed by atoms with Gasteiger partial charge < -0.3 is 0 Å². The van der Waals surface area contributed by atoms with Crippen molar-refractivity contribution in [3.63, 3.8) is 0 Å². The first kappa shape index (κ1) is 13.6. The molecule has 0 aliphatic carbocycles. The number of nitrogens with zero attached hydrogens (tertiary/aromatic N) is 1. The summed E-state index contributed by atoms with van der Waals surface area (Å²) in [6.07, 6.45) is 8.08. The Morgan fingerprint density at radius 3 is 2.33 bits per heavy atom. The lowest BCUT2D eigenvalue weighted by molar-refractivity contribution is 0.886. The van der Waals surface area contributed by atoms with Gasteiger partial charge in [-0.3, -0.25) is 4.98 Å². The van der Waals surface area contributed by atoms with E-state index in [4.69, 9.17) is 0 Å². The molecule has 0 saturated carbocycles. The van der Waals surface area contributed by atoms with E-state index in [9.17, 15) is 0 Å². The van der Waals surface area contributed by atoms with Crippen molar-refractivity contribution in [2.24, 2.45) is 0 Å². The molecule has 0 bridgehead atoms. The summed E-state index contributed by atoms with van der Waals surface area (Å²) in [5.74, 6) is 0. The Labute approximate surface area is 92.9 Å². The van der Waals surface area contributed by atoms with Crippen LogP contribution in [-0.2, 0) is 0 Å². The minimum atomic E-state index is 0.996. The molecule has 0 fully saturated rings. The van der Waals surface area contributed by atoms with Gasteiger partial charge in [0, 0.05) is 11.9 Å². The minimum Gasteiger partial charge on any atom is -0.261 e. The summed E-state index contributed by atoms with van der Waals surface area (Å²) in [5, 5.41) is 2.03. The van der Waals surface area contributed by atoms with Gasteiger partial charge in [-0.1, -0.05) is 52.0 Å². The van der Waals surface area contributed by atoms with Gasteiger partial charge in [-0.2, -0.15) is 0 Å². The molecule has 82 valence electrons. The van der Waals surface area contributed by atoms with Crippen LogP contribution in [0, 0.1) is 6.92 Å². The zero-order chi connectivity index (χ0) is 11.7. The fourth-order valence-electron chi connectivity index (χ4n) is 0.904. The fraction of sp³-hybridized carbons (Fsp3) is 0.357. The Bertz CT molecular complexity index is 388. The Balaban J connectivity index is 0.000000423. The van der Waals surface area contributed by atoms with Crippen molar-refractivity contribution in [2.45, 2.75) is 33.6 Å². The highest BCUT2D eigenvalue weighted by Gasteiger charge is 1.83. The highest BCUT2D eigenvalue weighted by molar-refractivity contribution is 5.35. The Morgan fingerprint density at radius 1 is 1.33 bits per heavy atom. The van der Waals surface area contributed by atoms with Crippen molar-refractivity contribution in [3.8, 4) is 0 Å². The molecule has 0 spiro atoms.